The van der Waals surface area contributed by atoms with Crippen molar-refractivity contribution in [2.45, 2.75) is 16.3 Å². The minimum absolute atomic E-state index is 0.0274. The predicted octanol–water partition coefficient (Wildman–Crippen LogP) is 3.60. The Kier molecular flexibility index (Phi) is 7.73. The molecule has 1 aromatic heterocycles. The van der Waals surface area contributed by atoms with E-state index in [4.69, 9.17) is 21.1 Å². The molecule has 2 heterocycles. The predicted molar refractivity (Wildman–Crippen MR) is 150 cm³/mol. The normalized spacial score (nSPS) is 14.9. The highest BCUT2D eigenvalue weighted by molar-refractivity contribution is 7.92. The number of rotatable bonds is 8. The topological polar surface area (TPSA) is 124 Å². The standard InChI is InChI=1S/C25H24ClN3O7S3/c1-35-23-9-7-20(39(33,34)28-10-12-36-13-11-28)14-21(23)27-38(31,32)19-6-8-22-24(15-19)37-25(30)29(22)16-17-2-4-18(26)5-3-17/h2-9,14-15,27H,10-13,16H2,1H3. The van der Waals surface area contributed by atoms with Crippen molar-refractivity contribution in [1.29, 1.82) is 0 Å². The van der Waals surface area contributed by atoms with Crippen LogP contribution in [-0.4, -0.2) is 59.1 Å². The quantitative estimate of drug-likeness (QED) is 0.324. The summed E-state index contributed by atoms with van der Waals surface area (Å²) in [6.07, 6.45) is 0. The monoisotopic (exact) mass is 609 g/mol. The molecule has 0 spiro atoms. The van der Waals surface area contributed by atoms with Crippen LogP contribution in [0.5, 0.6) is 5.75 Å². The number of aromatic nitrogens is 1. The summed E-state index contributed by atoms with van der Waals surface area (Å²) >= 11 is 6.89. The molecular weight excluding hydrogens is 586 g/mol. The molecule has 3 aromatic carbocycles. The molecule has 1 aliphatic rings. The molecule has 4 aromatic rings. The number of ether oxygens (including phenoxy) is 2. The highest BCUT2D eigenvalue weighted by Crippen LogP contribution is 2.32. The minimum Gasteiger partial charge on any atom is -0.495 e. The van der Waals surface area contributed by atoms with E-state index in [1.165, 1.54) is 41.7 Å². The summed E-state index contributed by atoms with van der Waals surface area (Å²) in [5.74, 6) is 0.152. The van der Waals surface area contributed by atoms with Crippen molar-refractivity contribution >= 4 is 58.9 Å². The molecule has 206 valence electrons. The average molecular weight is 610 g/mol. The van der Waals surface area contributed by atoms with E-state index in [1.54, 1.807) is 22.8 Å². The van der Waals surface area contributed by atoms with E-state index in [2.05, 4.69) is 4.72 Å². The van der Waals surface area contributed by atoms with Crippen LogP contribution in [0.4, 0.5) is 5.69 Å². The molecule has 1 aliphatic heterocycles. The van der Waals surface area contributed by atoms with Gasteiger partial charge in [0.1, 0.15) is 5.75 Å². The molecule has 0 saturated carbocycles. The van der Waals surface area contributed by atoms with Crippen LogP contribution in [0.1, 0.15) is 5.56 Å². The largest absolute Gasteiger partial charge is 0.495 e. The Morgan fingerprint density at radius 2 is 1.67 bits per heavy atom. The van der Waals surface area contributed by atoms with Crippen molar-refractivity contribution < 1.29 is 26.3 Å². The first-order valence-electron chi connectivity index (χ1n) is 11.7. The molecule has 1 saturated heterocycles. The zero-order valence-electron chi connectivity index (χ0n) is 20.7. The van der Waals surface area contributed by atoms with Gasteiger partial charge in [0.05, 0.1) is 52.6 Å². The first-order chi connectivity index (χ1) is 18.6. The Hall–Kier alpha value is -2.94. The van der Waals surface area contributed by atoms with E-state index in [0.29, 0.717) is 21.8 Å². The van der Waals surface area contributed by atoms with Gasteiger partial charge in [-0.1, -0.05) is 35.1 Å². The van der Waals surface area contributed by atoms with Gasteiger partial charge in [-0.05, 0) is 54.1 Å². The summed E-state index contributed by atoms with van der Waals surface area (Å²) in [5, 5.41) is 0.587. The van der Waals surface area contributed by atoms with Crippen molar-refractivity contribution in [3.63, 3.8) is 0 Å². The SMILES string of the molecule is COc1ccc(S(=O)(=O)N2CCOCC2)cc1NS(=O)(=O)c1ccc2c(c1)sc(=O)n2Cc1ccc(Cl)cc1. The van der Waals surface area contributed by atoms with Gasteiger partial charge in [-0.2, -0.15) is 4.31 Å². The summed E-state index contributed by atoms with van der Waals surface area (Å²) in [6.45, 7) is 1.28. The third-order valence-electron chi connectivity index (χ3n) is 6.23. The van der Waals surface area contributed by atoms with Crippen LogP contribution in [0, 0.1) is 0 Å². The van der Waals surface area contributed by atoms with Gasteiger partial charge in [-0.25, -0.2) is 16.8 Å². The number of sulfonamides is 2. The molecule has 0 bridgehead atoms. The molecule has 14 heteroatoms. The third kappa shape index (κ3) is 5.69. The number of nitrogens with zero attached hydrogens (tertiary/aromatic N) is 2. The highest BCUT2D eigenvalue weighted by Gasteiger charge is 2.28. The van der Waals surface area contributed by atoms with Crippen molar-refractivity contribution in [3.8, 4) is 5.75 Å². The number of benzene rings is 3. The average Bonchev–Trinajstić information content (AvgIpc) is 3.24. The van der Waals surface area contributed by atoms with Crippen LogP contribution >= 0.6 is 22.9 Å². The Balaban J connectivity index is 1.45. The Labute approximate surface area is 234 Å². The maximum absolute atomic E-state index is 13.4. The Morgan fingerprint density at radius 3 is 2.36 bits per heavy atom. The second kappa shape index (κ2) is 10.9. The van der Waals surface area contributed by atoms with E-state index in [0.717, 1.165) is 16.9 Å². The second-order valence-electron chi connectivity index (χ2n) is 8.69. The smallest absolute Gasteiger partial charge is 0.308 e. The van der Waals surface area contributed by atoms with Gasteiger partial charge in [0.25, 0.3) is 10.0 Å². The molecule has 39 heavy (non-hydrogen) atoms. The summed E-state index contributed by atoms with van der Waals surface area (Å²) in [5.41, 5.74) is 1.44. The van der Waals surface area contributed by atoms with Crippen molar-refractivity contribution in [2.75, 3.05) is 38.1 Å². The number of morpholine rings is 1. The van der Waals surface area contributed by atoms with Crippen LogP contribution in [0.15, 0.2) is 75.2 Å². The van der Waals surface area contributed by atoms with Crippen LogP contribution in [0.3, 0.4) is 0 Å². The molecule has 0 radical (unpaired) electrons. The summed E-state index contributed by atoms with van der Waals surface area (Å²) < 4.78 is 69.3. The van der Waals surface area contributed by atoms with E-state index in [1.807, 2.05) is 12.1 Å². The van der Waals surface area contributed by atoms with Crippen LogP contribution < -0.4 is 14.3 Å². The molecule has 1 N–H and O–H groups in total. The molecule has 0 amide bonds. The number of thiazole rings is 1. The Morgan fingerprint density at radius 1 is 0.974 bits per heavy atom. The summed E-state index contributed by atoms with van der Waals surface area (Å²) in [7, 11) is -6.68. The molecule has 10 nitrogen and oxygen atoms in total. The van der Waals surface area contributed by atoms with Gasteiger partial charge in [0.2, 0.25) is 10.0 Å². The number of methoxy groups -OCH3 is 1. The number of halogens is 1. The lowest BCUT2D eigenvalue weighted by Crippen LogP contribution is -2.40. The fraction of sp³-hybridized carbons (Fsp3) is 0.240. The zero-order chi connectivity index (χ0) is 27.8. The van der Waals surface area contributed by atoms with Gasteiger partial charge in [0, 0.05) is 18.1 Å². The fourth-order valence-electron chi connectivity index (χ4n) is 4.20. The number of anilines is 1. The van der Waals surface area contributed by atoms with Gasteiger partial charge < -0.3 is 9.47 Å². The van der Waals surface area contributed by atoms with Crippen LogP contribution in [0.2, 0.25) is 5.02 Å². The highest BCUT2D eigenvalue weighted by atomic mass is 35.5. The van der Waals surface area contributed by atoms with Gasteiger partial charge >= 0.3 is 4.87 Å². The van der Waals surface area contributed by atoms with Crippen LogP contribution in [-0.2, 0) is 31.3 Å². The number of nitrogens with one attached hydrogen (secondary N) is 1. The van der Waals surface area contributed by atoms with Gasteiger partial charge in [-0.15, -0.1) is 0 Å². The Bertz CT molecular complexity index is 1790. The lowest BCUT2D eigenvalue weighted by atomic mass is 10.2. The maximum atomic E-state index is 13.4. The first-order valence-corrected chi connectivity index (χ1v) is 15.9. The number of hydrogen-bond acceptors (Lipinski definition) is 8. The van der Waals surface area contributed by atoms with Crippen molar-refractivity contribution in [1.82, 2.24) is 8.87 Å². The molecule has 1 fully saturated rings. The molecule has 0 aliphatic carbocycles. The van der Waals surface area contributed by atoms with E-state index >= 15 is 0 Å². The third-order valence-corrected chi connectivity index (χ3v) is 10.7. The molecule has 0 atom stereocenters. The van der Waals surface area contributed by atoms with Crippen molar-refractivity contribution in [3.05, 3.63) is 80.9 Å². The number of fused-ring (bicyclic) bond motifs is 1. The van der Waals surface area contributed by atoms with Gasteiger partial charge in [0.15, 0.2) is 0 Å². The van der Waals surface area contributed by atoms with Gasteiger partial charge in [-0.3, -0.25) is 14.1 Å². The van der Waals surface area contributed by atoms with E-state index in [9.17, 15) is 21.6 Å². The van der Waals surface area contributed by atoms with E-state index < -0.39 is 20.0 Å². The lowest BCUT2D eigenvalue weighted by molar-refractivity contribution is 0.0730. The number of hydrogen-bond donors (Lipinski definition) is 1. The van der Waals surface area contributed by atoms with E-state index in [-0.39, 0.29) is 52.4 Å². The fourth-order valence-corrected chi connectivity index (χ4v) is 7.86. The summed E-state index contributed by atoms with van der Waals surface area (Å²) in [6, 6.07) is 15.5. The second-order valence-corrected chi connectivity index (χ2v) is 13.7. The lowest BCUT2D eigenvalue weighted by Gasteiger charge is -2.26. The zero-order valence-corrected chi connectivity index (χ0v) is 23.9. The van der Waals surface area contributed by atoms with Crippen molar-refractivity contribution in [2.24, 2.45) is 0 Å². The maximum Gasteiger partial charge on any atom is 0.308 e. The minimum atomic E-state index is -4.17. The molecular formula is C25H24ClN3O7S3. The summed E-state index contributed by atoms with van der Waals surface area (Å²) in [4.78, 5) is 12.3. The van der Waals surface area contributed by atoms with Crippen LogP contribution in [0.25, 0.3) is 10.2 Å². The molecule has 0 unspecified atom stereocenters. The first kappa shape index (κ1) is 27.6. The molecule has 5 rings (SSSR count).